The number of hydrogen-bond donors (Lipinski definition) is 2. The van der Waals surface area contributed by atoms with E-state index in [9.17, 15) is 18.7 Å². The third-order valence-corrected chi connectivity index (χ3v) is 8.11. The van der Waals surface area contributed by atoms with Crippen LogP contribution in [0, 0.1) is 0 Å². The van der Waals surface area contributed by atoms with Crippen molar-refractivity contribution in [3.8, 4) is 0 Å². The number of nitrogens with one attached hydrogen (secondary N) is 1. The molecule has 2 heterocycles. The largest absolute Gasteiger partial charge is 0.386 e. The zero-order valence-electron chi connectivity index (χ0n) is 17.7. The minimum absolute atomic E-state index is 0.106. The molecule has 0 atom stereocenters. The highest BCUT2D eigenvalue weighted by Gasteiger charge is 2.26. The topological polar surface area (TPSA) is 75.1 Å². The predicted molar refractivity (Wildman–Crippen MR) is 131 cm³/mol. The van der Waals surface area contributed by atoms with Crippen molar-refractivity contribution < 1.29 is 18.7 Å². The van der Waals surface area contributed by atoms with Crippen LogP contribution in [0.5, 0.6) is 0 Å². The van der Waals surface area contributed by atoms with Gasteiger partial charge in [0.1, 0.15) is 11.4 Å². The third-order valence-electron chi connectivity index (χ3n) is 5.68. The Morgan fingerprint density at radius 3 is 2.59 bits per heavy atom. The van der Waals surface area contributed by atoms with Crippen LogP contribution in [0.25, 0.3) is 10.2 Å². The van der Waals surface area contributed by atoms with Crippen molar-refractivity contribution >= 4 is 55.7 Å². The fourth-order valence-electron chi connectivity index (χ4n) is 3.96. The van der Waals surface area contributed by atoms with Crippen molar-refractivity contribution in [3.63, 3.8) is 0 Å². The molecule has 2 aromatic heterocycles. The Morgan fingerprint density at radius 2 is 1.94 bits per heavy atom. The molecule has 0 radical (unpaired) electrons. The van der Waals surface area contributed by atoms with Crippen molar-refractivity contribution in [3.05, 3.63) is 52.3 Å². The van der Waals surface area contributed by atoms with E-state index in [1.165, 1.54) is 31.0 Å². The number of hydrogen-bond acceptors (Lipinski definition) is 5. The number of fused-ring (bicyclic) bond motifs is 1. The van der Waals surface area contributed by atoms with Crippen molar-refractivity contribution in [1.82, 2.24) is 9.97 Å². The highest BCUT2D eigenvalue weighted by atomic mass is 127. The number of carbonyl (C=O) groups excluding carboxylic acids is 1. The van der Waals surface area contributed by atoms with Gasteiger partial charge in [0.05, 0.1) is 20.8 Å². The second-order valence-corrected chi connectivity index (χ2v) is 11.5. The van der Waals surface area contributed by atoms with Crippen LogP contribution in [-0.2, 0) is 5.60 Å². The highest BCUT2D eigenvalue weighted by molar-refractivity contribution is 14.1. The molecule has 32 heavy (non-hydrogen) atoms. The van der Waals surface area contributed by atoms with Gasteiger partial charge in [-0.25, -0.2) is 18.7 Å². The molecule has 1 fully saturated rings. The lowest BCUT2D eigenvalue weighted by molar-refractivity contribution is 0.0794. The van der Waals surface area contributed by atoms with Crippen molar-refractivity contribution in [1.29, 1.82) is 0 Å². The Labute approximate surface area is 202 Å². The number of aliphatic hydroxyl groups is 1. The van der Waals surface area contributed by atoms with Gasteiger partial charge in [0.25, 0.3) is 12.3 Å². The summed E-state index contributed by atoms with van der Waals surface area (Å²) in [5, 5.41) is 14.6. The molecule has 9 heteroatoms. The number of rotatable bonds is 5. The number of anilines is 1. The summed E-state index contributed by atoms with van der Waals surface area (Å²) >= 11 is 4.11. The quantitative estimate of drug-likeness (QED) is 0.269. The second-order valence-electron chi connectivity index (χ2n) is 8.63. The number of benzene rings is 1. The molecular weight excluding hydrogens is 547 g/mol. The molecule has 0 spiro atoms. The van der Waals surface area contributed by atoms with E-state index in [1.807, 2.05) is 6.07 Å². The van der Waals surface area contributed by atoms with E-state index in [1.54, 1.807) is 31.3 Å². The summed E-state index contributed by atoms with van der Waals surface area (Å²) in [5.74, 6) is -0.175. The summed E-state index contributed by atoms with van der Waals surface area (Å²) in [4.78, 5) is 21.4. The van der Waals surface area contributed by atoms with E-state index >= 15 is 0 Å². The van der Waals surface area contributed by atoms with E-state index in [2.05, 4.69) is 32.9 Å². The number of nitrogens with zero attached hydrogens (tertiary/aromatic N) is 2. The standard InChI is InChI=1S/C23H24F2IN3O2S/c1-23(2,31)14-10-18-19(32-22(29-18)12-6-8-13(26)9-7-12)11-17(14)28-21(30)16-5-3-4-15(27-16)20(24)25/h3-5,10-13,20,31H,6-9H2,1-2H3,(H,28,30). The molecule has 0 saturated heterocycles. The van der Waals surface area contributed by atoms with Gasteiger partial charge in [0.2, 0.25) is 0 Å². The highest BCUT2D eigenvalue weighted by Crippen LogP contribution is 2.41. The summed E-state index contributed by atoms with van der Waals surface area (Å²) in [6.45, 7) is 3.27. The van der Waals surface area contributed by atoms with Crippen LogP contribution in [0.4, 0.5) is 14.5 Å². The number of carbonyl (C=O) groups is 1. The molecule has 1 aliphatic carbocycles. The van der Waals surface area contributed by atoms with Gasteiger partial charge in [0, 0.05) is 21.1 Å². The van der Waals surface area contributed by atoms with Gasteiger partial charge in [-0.15, -0.1) is 11.3 Å². The Bertz CT molecular complexity index is 1140. The first-order chi connectivity index (χ1) is 15.1. The number of pyridine rings is 1. The van der Waals surface area contributed by atoms with Gasteiger partial charge in [-0.1, -0.05) is 28.7 Å². The minimum Gasteiger partial charge on any atom is -0.386 e. The lowest BCUT2D eigenvalue weighted by Crippen LogP contribution is -2.21. The summed E-state index contributed by atoms with van der Waals surface area (Å²) in [6, 6.07) is 7.56. The maximum Gasteiger partial charge on any atom is 0.280 e. The SMILES string of the molecule is CC(C)(O)c1cc2nc(C3CCC(I)CC3)sc2cc1NC(=O)c1cccc(C(F)F)n1. The fraction of sp³-hybridized carbons (Fsp3) is 0.435. The van der Waals surface area contributed by atoms with Crippen LogP contribution in [-0.4, -0.2) is 24.9 Å². The van der Waals surface area contributed by atoms with E-state index in [0.29, 0.717) is 17.2 Å². The zero-order valence-corrected chi connectivity index (χ0v) is 20.7. The van der Waals surface area contributed by atoms with Crippen LogP contribution in [0.3, 0.4) is 0 Å². The number of aromatic nitrogens is 2. The predicted octanol–water partition coefficient (Wildman–Crippen LogP) is 6.57. The Kier molecular flexibility index (Phi) is 6.78. The maximum absolute atomic E-state index is 13.0. The molecule has 0 aliphatic heterocycles. The first kappa shape index (κ1) is 23.4. The Hall–Kier alpha value is -1.72. The maximum atomic E-state index is 13.0. The summed E-state index contributed by atoms with van der Waals surface area (Å²) < 4.78 is 27.6. The fourth-order valence-corrected chi connectivity index (χ4v) is 5.84. The lowest BCUT2D eigenvalue weighted by atomic mass is 9.90. The van der Waals surface area contributed by atoms with Crippen LogP contribution in [0.1, 0.15) is 78.6 Å². The van der Waals surface area contributed by atoms with Crippen LogP contribution in [0.2, 0.25) is 0 Å². The normalized spacial score (nSPS) is 19.5. The van der Waals surface area contributed by atoms with Crippen LogP contribution >= 0.6 is 33.9 Å². The molecule has 170 valence electrons. The van der Waals surface area contributed by atoms with Crippen molar-refractivity contribution in [2.75, 3.05) is 5.32 Å². The van der Waals surface area contributed by atoms with Gasteiger partial charge >= 0.3 is 0 Å². The number of halogens is 3. The summed E-state index contributed by atoms with van der Waals surface area (Å²) in [5.41, 5.74) is -0.0802. The van der Waals surface area contributed by atoms with E-state index < -0.39 is 23.6 Å². The first-order valence-corrected chi connectivity index (χ1v) is 12.6. The smallest absolute Gasteiger partial charge is 0.280 e. The van der Waals surface area contributed by atoms with Crippen LogP contribution in [0.15, 0.2) is 30.3 Å². The molecule has 1 saturated carbocycles. The van der Waals surface area contributed by atoms with E-state index in [0.717, 1.165) is 32.0 Å². The molecule has 1 aromatic carbocycles. The summed E-state index contributed by atoms with van der Waals surface area (Å²) in [6.07, 6.45) is 1.83. The van der Waals surface area contributed by atoms with E-state index in [4.69, 9.17) is 4.98 Å². The molecule has 0 unspecified atom stereocenters. The summed E-state index contributed by atoms with van der Waals surface area (Å²) in [7, 11) is 0. The van der Waals surface area contributed by atoms with Gasteiger partial charge in [0.15, 0.2) is 0 Å². The zero-order chi connectivity index (χ0) is 23.0. The number of thiazole rings is 1. The molecule has 5 nitrogen and oxygen atoms in total. The molecule has 0 bridgehead atoms. The minimum atomic E-state index is -2.76. The van der Waals surface area contributed by atoms with Gasteiger partial charge in [-0.3, -0.25) is 4.79 Å². The average molecular weight is 571 g/mol. The molecule has 3 aromatic rings. The number of amides is 1. The van der Waals surface area contributed by atoms with Gasteiger partial charge in [-0.05, 0) is 63.8 Å². The third kappa shape index (κ3) is 5.09. The van der Waals surface area contributed by atoms with Crippen molar-refractivity contribution in [2.24, 2.45) is 0 Å². The van der Waals surface area contributed by atoms with Crippen molar-refractivity contribution in [2.45, 2.75) is 61.4 Å². The average Bonchev–Trinajstić information content (AvgIpc) is 3.16. The lowest BCUT2D eigenvalue weighted by Gasteiger charge is -2.23. The molecule has 2 N–H and O–H groups in total. The Morgan fingerprint density at radius 1 is 1.22 bits per heavy atom. The van der Waals surface area contributed by atoms with Gasteiger partial charge < -0.3 is 10.4 Å². The molecule has 1 aliphatic rings. The van der Waals surface area contributed by atoms with Crippen LogP contribution < -0.4 is 5.32 Å². The molecular formula is C23H24F2IN3O2S. The second kappa shape index (κ2) is 9.26. The van der Waals surface area contributed by atoms with Gasteiger partial charge in [-0.2, -0.15) is 0 Å². The monoisotopic (exact) mass is 571 g/mol. The molecule has 4 rings (SSSR count). The number of alkyl halides is 3. The molecule has 1 amide bonds. The van der Waals surface area contributed by atoms with E-state index in [-0.39, 0.29) is 5.69 Å². The Balaban J connectivity index is 1.68. The first-order valence-electron chi connectivity index (χ1n) is 10.5.